The van der Waals surface area contributed by atoms with Gasteiger partial charge in [0.1, 0.15) is 0 Å². The fourth-order valence-corrected chi connectivity index (χ4v) is 1.47. The van der Waals surface area contributed by atoms with Crippen LogP contribution in [0.15, 0.2) is 0 Å². The van der Waals surface area contributed by atoms with E-state index in [1.807, 2.05) is 6.92 Å². The van der Waals surface area contributed by atoms with Crippen molar-refractivity contribution < 1.29 is 9.90 Å². The van der Waals surface area contributed by atoms with Crippen molar-refractivity contribution in [3.05, 3.63) is 0 Å². The van der Waals surface area contributed by atoms with Gasteiger partial charge in [-0.3, -0.25) is 4.79 Å². The molecule has 0 heterocycles. The molecular formula is C9H19NO2. The van der Waals surface area contributed by atoms with E-state index in [1.165, 1.54) is 0 Å². The topological polar surface area (TPSA) is 40.5 Å². The summed E-state index contributed by atoms with van der Waals surface area (Å²) >= 11 is 0. The molecule has 1 atom stereocenters. The lowest BCUT2D eigenvalue weighted by Gasteiger charge is -2.27. The first-order chi connectivity index (χ1) is 5.65. The Morgan fingerprint density at radius 3 is 2.08 bits per heavy atom. The number of nitrogens with zero attached hydrogens (tertiary/aromatic N) is 1. The summed E-state index contributed by atoms with van der Waals surface area (Å²) in [5.41, 5.74) is 0. The lowest BCUT2D eigenvalue weighted by molar-refractivity contribution is -0.138. The third kappa shape index (κ3) is 3.72. The smallest absolute Gasteiger partial charge is 0.304 e. The van der Waals surface area contributed by atoms with E-state index in [0.717, 1.165) is 19.5 Å². The molecule has 0 aromatic carbocycles. The summed E-state index contributed by atoms with van der Waals surface area (Å²) in [5, 5.41) is 8.63. The molecule has 1 N–H and O–H groups in total. The molecular weight excluding hydrogens is 154 g/mol. The largest absolute Gasteiger partial charge is 0.481 e. The summed E-state index contributed by atoms with van der Waals surface area (Å²) in [6, 6.07) is 0.206. The molecule has 72 valence electrons. The van der Waals surface area contributed by atoms with E-state index in [1.54, 1.807) is 0 Å². The van der Waals surface area contributed by atoms with E-state index < -0.39 is 5.97 Å². The molecule has 1 unspecified atom stereocenters. The summed E-state index contributed by atoms with van der Waals surface area (Å²) in [5.74, 6) is -0.700. The lowest BCUT2D eigenvalue weighted by Crippen LogP contribution is -2.36. The van der Waals surface area contributed by atoms with E-state index in [-0.39, 0.29) is 12.5 Å². The Hall–Kier alpha value is -0.570. The van der Waals surface area contributed by atoms with Gasteiger partial charge in [-0.15, -0.1) is 0 Å². The van der Waals surface area contributed by atoms with Gasteiger partial charge in [0.15, 0.2) is 0 Å². The van der Waals surface area contributed by atoms with Crippen LogP contribution >= 0.6 is 0 Å². The summed E-state index contributed by atoms with van der Waals surface area (Å²) < 4.78 is 0. The average molecular weight is 173 g/mol. The number of carboxylic acids is 1. The second-order valence-corrected chi connectivity index (χ2v) is 2.88. The van der Waals surface area contributed by atoms with E-state index in [4.69, 9.17) is 5.11 Å². The van der Waals surface area contributed by atoms with E-state index in [2.05, 4.69) is 18.7 Å². The second-order valence-electron chi connectivity index (χ2n) is 2.88. The minimum Gasteiger partial charge on any atom is -0.481 e. The molecule has 0 amide bonds. The Balaban J connectivity index is 4.01. The molecule has 0 radical (unpaired) electrons. The highest BCUT2D eigenvalue weighted by molar-refractivity contribution is 5.67. The van der Waals surface area contributed by atoms with Crippen LogP contribution in [-0.4, -0.2) is 35.1 Å². The van der Waals surface area contributed by atoms with Crippen molar-refractivity contribution in [2.75, 3.05) is 13.1 Å². The maximum Gasteiger partial charge on any atom is 0.304 e. The maximum absolute atomic E-state index is 10.5. The zero-order valence-corrected chi connectivity index (χ0v) is 8.21. The summed E-state index contributed by atoms with van der Waals surface area (Å²) in [4.78, 5) is 12.7. The molecule has 0 aliphatic rings. The fraction of sp³-hybridized carbons (Fsp3) is 0.889. The summed E-state index contributed by atoms with van der Waals surface area (Å²) in [6.07, 6.45) is 1.17. The standard InChI is InChI=1S/C9H19NO2/c1-4-8(7-9(11)12)10(5-2)6-3/h8H,4-7H2,1-3H3,(H,11,12). The minimum atomic E-state index is -0.700. The Morgan fingerprint density at radius 2 is 1.83 bits per heavy atom. The highest BCUT2D eigenvalue weighted by Crippen LogP contribution is 2.07. The van der Waals surface area contributed by atoms with Gasteiger partial charge < -0.3 is 10.0 Å². The molecule has 3 nitrogen and oxygen atoms in total. The van der Waals surface area contributed by atoms with Crippen molar-refractivity contribution in [2.45, 2.75) is 39.7 Å². The van der Waals surface area contributed by atoms with Crippen molar-refractivity contribution in [1.29, 1.82) is 0 Å². The zero-order valence-electron chi connectivity index (χ0n) is 8.21. The number of carboxylic acid groups (broad SMARTS) is 1. The molecule has 12 heavy (non-hydrogen) atoms. The van der Waals surface area contributed by atoms with Crippen LogP contribution in [0.1, 0.15) is 33.6 Å². The van der Waals surface area contributed by atoms with Crippen LogP contribution in [0, 0.1) is 0 Å². The number of aliphatic carboxylic acids is 1. The Morgan fingerprint density at radius 1 is 1.33 bits per heavy atom. The van der Waals surface area contributed by atoms with Crippen molar-refractivity contribution in [1.82, 2.24) is 4.90 Å². The summed E-state index contributed by atoms with van der Waals surface area (Å²) in [7, 11) is 0. The predicted molar refractivity (Wildman–Crippen MR) is 49.3 cm³/mol. The van der Waals surface area contributed by atoms with Crippen molar-refractivity contribution in [3.63, 3.8) is 0 Å². The average Bonchev–Trinajstić information content (AvgIpc) is 2.04. The molecule has 0 rings (SSSR count). The number of carbonyl (C=O) groups is 1. The quantitative estimate of drug-likeness (QED) is 0.663. The second kappa shape index (κ2) is 6.00. The number of hydrogen-bond donors (Lipinski definition) is 1. The molecule has 0 bridgehead atoms. The zero-order chi connectivity index (χ0) is 9.56. The van der Waals surface area contributed by atoms with Crippen LogP contribution < -0.4 is 0 Å². The molecule has 0 saturated heterocycles. The van der Waals surface area contributed by atoms with E-state index in [9.17, 15) is 4.79 Å². The normalized spacial score (nSPS) is 13.3. The first kappa shape index (κ1) is 11.4. The number of hydrogen-bond acceptors (Lipinski definition) is 2. The van der Waals surface area contributed by atoms with Gasteiger partial charge in [-0.05, 0) is 19.5 Å². The molecule has 0 aromatic heterocycles. The van der Waals surface area contributed by atoms with Crippen molar-refractivity contribution in [3.8, 4) is 0 Å². The van der Waals surface area contributed by atoms with E-state index >= 15 is 0 Å². The Labute approximate surface area is 74.4 Å². The van der Waals surface area contributed by atoms with Crippen LogP contribution in [0.5, 0.6) is 0 Å². The third-order valence-electron chi connectivity index (χ3n) is 2.21. The first-order valence-electron chi connectivity index (χ1n) is 4.61. The van der Waals surface area contributed by atoms with Gasteiger partial charge in [0, 0.05) is 6.04 Å². The lowest BCUT2D eigenvalue weighted by atomic mass is 10.1. The van der Waals surface area contributed by atoms with Gasteiger partial charge in [-0.2, -0.15) is 0 Å². The van der Waals surface area contributed by atoms with Crippen LogP contribution in [0.2, 0.25) is 0 Å². The van der Waals surface area contributed by atoms with Crippen LogP contribution in [-0.2, 0) is 4.79 Å². The molecule has 0 fully saturated rings. The van der Waals surface area contributed by atoms with Gasteiger partial charge >= 0.3 is 5.97 Å². The first-order valence-corrected chi connectivity index (χ1v) is 4.61. The molecule has 0 spiro atoms. The molecule has 0 aliphatic heterocycles. The Kier molecular flexibility index (Phi) is 5.72. The predicted octanol–water partition coefficient (Wildman–Crippen LogP) is 1.58. The highest BCUT2D eigenvalue weighted by Gasteiger charge is 2.16. The number of rotatable bonds is 6. The molecule has 0 aliphatic carbocycles. The van der Waals surface area contributed by atoms with Crippen LogP contribution in [0.25, 0.3) is 0 Å². The van der Waals surface area contributed by atoms with Crippen LogP contribution in [0.3, 0.4) is 0 Å². The molecule has 3 heteroatoms. The summed E-state index contributed by atoms with van der Waals surface area (Å²) in [6.45, 7) is 8.03. The van der Waals surface area contributed by atoms with Gasteiger partial charge in [-0.25, -0.2) is 0 Å². The molecule has 0 saturated carbocycles. The van der Waals surface area contributed by atoms with Gasteiger partial charge in [0.2, 0.25) is 0 Å². The SMILES string of the molecule is CCC(CC(=O)O)N(CC)CC. The van der Waals surface area contributed by atoms with Gasteiger partial charge in [0.25, 0.3) is 0 Å². The monoisotopic (exact) mass is 173 g/mol. The molecule has 0 aromatic rings. The third-order valence-corrected chi connectivity index (χ3v) is 2.21. The maximum atomic E-state index is 10.5. The van der Waals surface area contributed by atoms with Gasteiger partial charge in [-0.1, -0.05) is 20.8 Å². The van der Waals surface area contributed by atoms with Crippen LogP contribution in [0.4, 0.5) is 0 Å². The minimum absolute atomic E-state index is 0.206. The van der Waals surface area contributed by atoms with Gasteiger partial charge in [0.05, 0.1) is 6.42 Å². The van der Waals surface area contributed by atoms with E-state index in [0.29, 0.717) is 0 Å². The van der Waals surface area contributed by atoms with Crippen molar-refractivity contribution >= 4 is 5.97 Å². The highest BCUT2D eigenvalue weighted by atomic mass is 16.4. The Bertz CT molecular complexity index is 132. The fourth-order valence-electron chi connectivity index (χ4n) is 1.47. The van der Waals surface area contributed by atoms with Crippen molar-refractivity contribution in [2.24, 2.45) is 0 Å².